The lowest BCUT2D eigenvalue weighted by molar-refractivity contribution is -0.151. The Bertz CT molecular complexity index is 788. The second-order valence-corrected chi connectivity index (χ2v) is 6.39. The molecule has 2 aromatic rings. The van der Waals surface area contributed by atoms with Gasteiger partial charge in [0, 0.05) is 5.92 Å². The van der Waals surface area contributed by atoms with E-state index in [1.54, 1.807) is 13.0 Å². The largest absolute Gasteiger partial charge is 0.465 e. The van der Waals surface area contributed by atoms with E-state index in [1.165, 1.54) is 0 Å². The number of aryl methyl sites for hydroxylation is 1. The Hall–Kier alpha value is -2.68. The molecule has 0 aromatic heterocycles. The fourth-order valence-electron chi connectivity index (χ4n) is 3.36. The summed E-state index contributed by atoms with van der Waals surface area (Å²) in [5.41, 5.74) is 4.14. The molecule has 0 fully saturated rings. The first-order valence-electron chi connectivity index (χ1n) is 8.63. The molecule has 0 aliphatic heterocycles. The third-order valence-electron chi connectivity index (χ3n) is 4.66. The number of ketones is 1. The number of carbonyl (C=O) groups excluding carboxylic acids is 2. The quantitative estimate of drug-likeness (QED) is 0.618. The van der Waals surface area contributed by atoms with Gasteiger partial charge in [-0.05, 0) is 43.0 Å². The van der Waals surface area contributed by atoms with Crippen LogP contribution in [0.25, 0.3) is 5.57 Å². The van der Waals surface area contributed by atoms with E-state index in [-0.39, 0.29) is 18.3 Å². The molecule has 3 rings (SSSR count). The molecule has 2 aromatic carbocycles. The molecule has 0 heterocycles. The van der Waals surface area contributed by atoms with Crippen LogP contribution in [0.5, 0.6) is 0 Å². The van der Waals surface area contributed by atoms with Gasteiger partial charge in [-0.25, -0.2) is 0 Å². The van der Waals surface area contributed by atoms with Crippen LogP contribution in [-0.2, 0) is 14.3 Å². The van der Waals surface area contributed by atoms with Crippen molar-refractivity contribution >= 4 is 17.3 Å². The molecular weight excluding hydrogens is 312 g/mol. The SMILES string of the molecule is CCOC(=O)[C@H]1C(=O)C=C(c2ccccc2)C[C@H]1c1ccc(C)cc1. The van der Waals surface area contributed by atoms with Gasteiger partial charge < -0.3 is 4.74 Å². The van der Waals surface area contributed by atoms with Crippen LogP contribution in [0.1, 0.15) is 36.0 Å². The van der Waals surface area contributed by atoms with Crippen LogP contribution in [0.3, 0.4) is 0 Å². The predicted molar refractivity (Wildman–Crippen MR) is 98.1 cm³/mol. The third-order valence-corrected chi connectivity index (χ3v) is 4.66. The van der Waals surface area contributed by atoms with Gasteiger partial charge in [0.1, 0.15) is 5.92 Å². The first kappa shape index (κ1) is 17.2. The zero-order valence-electron chi connectivity index (χ0n) is 14.6. The van der Waals surface area contributed by atoms with Gasteiger partial charge in [0.15, 0.2) is 5.78 Å². The summed E-state index contributed by atoms with van der Waals surface area (Å²) in [6, 6.07) is 17.9. The van der Waals surface area contributed by atoms with Gasteiger partial charge in [0.25, 0.3) is 0 Å². The minimum atomic E-state index is -0.768. The summed E-state index contributed by atoms with van der Waals surface area (Å²) in [4.78, 5) is 25.2. The average molecular weight is 334 g/mol. The number of hydrogen-bond donors (Lipinski definition) is 0. The van der Waals surface area contributed by atoms with Crippen molar-refractivity contribution in [1.29, 1.82) is 0 Å². The van der Waals surface area contributed by atoms with Crippen LogP contribution >= 0.6 is 0 Å². The van der Waals surface area contributed by atoms with Crippen LogP contribution < -0.4 is 0 Å². The van der Waals surface area contributed by atoms with Gasteiger partial charge >= 0.3 is 5.97 Å². The zero-order valence-corrected chi connectivity index (χ0v) is 14.6. The highest BCUT2D eigenvalue weighted by Gasteiger charge is 2.39. The molecule has 0 radical (unpaired) electrons. The Morgan fingerprint density at radius 2 is 1.76 bits per heavy atom. The smallest absolute Gasteiger partial charge is 0.317 e. The van der Waals surface area contributed by atoms with Gasteiger partial charge in [0.05, 0.1) is 6.61 Å². The molecule has 3 heteroatoms. The van der Waals surface area contributed by atoms with Crippen molar-refractivity contribution in [2.45, 2.75) is 26.2 Å². The highest BCUT2D eigenvalue weighted by atomic mass is 16.5. The summed E-state index contributed by atoms with van der Waals surface area (Å²) in [6.07, 6.45) is 2.25. The molecule has 0 N–H and O–H groups in total. The highest BCUT2D eigenvalue weighted by molar-refractivity contribution is 6.10. The van der Waals surface area contributed by atoms with Crippen LogP contribution in [0.15, 0.2) is 60.7 Å². The molecule has 0 unspecified atom stereocenters. The van der Waals surface area contributed by atoms with E-state index in [1.807, 2.05) is 61.5 Å². The first-order valence-corrected chi connectivity index (χ1v) is 8.63. The summed E-state index contributed by atoms with van der Waals surface area (Å²) in [5.74, 6) is -1.57. The number of rotatable bonds is 4. The Morgan fingerprint density at radius 3 is 2.40 bits per heavy atom. The maximum absolute atomic E-state index is 12.8. The number of benzene rings is 2. The van der Waals surface area contributed by atoms with E-state index in [0.29, 0.717) is 6.42 Å². The number of allylic oxidation sites excluding steroid dienone is 2. The van der Waals surface area contributed by atoms with Crippen molar-refractivity contribution in [3.05, 3.63) is 77.4 Å². The lowest BCUT2D eigenvalue weighted by atomic mass is 9.73. The number of hydrogen-bond acceptors (Lipinski definition) is 3. The maximum atomic E-state index is 12.8. The van der Waals surface area contributed by atoms with Crippen molar-refractivity contribution in [3.63, 3.8) is 0 Å². The minimum absolute atomic E-state index is 0.172. The fourth-order valence-corrected chi connectivity index (χ4v) is 3.36. The monoisotopic (exact) mass is 334 g/mol. The summed E-state index contributed by atoms with van der Waals surface area (Å²) in [7, 11) is 0. The molecule has 1 aliphatic rings. The normalized spacial score (nSPS) is 20.1. The predicted octanol–water partition coefficient (Wildman–Crippen LogP) is 4.31. The molecule has 1 aliphatic carbocycles. The zero-order chi connectivity index (χ0) is 17.8. The molecule has 2 atom stereocenters. The fraction of sp³-hybridized carbons (Fsp3) is 0.273. The number of carbonyl (C=O) groups is 2. The lowest BCUT2D eigenvalue weighted by Gasteiger charge is -2.29. The third kappa shape index (κ3) is 3.71. The van der Waals surface area contributed by atoms with E-state index >= 15 is 0 Å². The summed E-state index contributed by atoms with van der Waals surface area (Å²) in [6.45, 7) is 4.06. The highest BCUT2D eigenvalue weighted by Crippen LogP contribution is 2.40. The van der Waals surface area contributed by atoms with E-state index < -0.39 is 11.9 Å². The summed E-state index contributed by atoms with van der Waals surface area (Å²) >= 11 is 0. The molecule has 0 amide bonds. The maximum Gasteiger partial charge on any atom is 0.317 e. The van der Waals surface area contributed by atoms with Gasteiger partial charge in [-0.15, -0.1) is 0 Å². The molecule has 128 valence electrons. The van der Waals surface area contributed by atoms with E-state index in [4.69, 9.17) is 4.74 Å². The van der Waals surface area contributed by atoms with Gasteiger partial charge in [-0.3, -0.25) is 9.59 Å². The molecule has 0 spiro atoms. The van der Waals surface area contributed by atoms with Crippen molar-refractivity contribution < 1.29 is 14.3 Å². The summed E-state index contributed by atoms with van der Waals surface area (Å²) < 4.78 is 5.18. The van der Waals surface area contributed by atoms with Crippen molar-refractivity contribution in [3.8, 4) is 0 Å². The molecule has 25 heavy (non-hydrogen) atoms. The lowest BCUT2D eigenvalue weighted by Crippen LogP contribution is -2.34. The molecule has 0 saturated heterocycles. The average Bonchev–Trinajstić information content (AvgIpc) is 2.62. The van der Waals surface area contributed by atoms with Crippen LogP contribution in [-0.4, -0.2) is 18.4 Å². The van der Waals surface area contributed by atoms with E-state index in [0.717, 1.165) is 22.3 Å². The topological polar surface area (TPSA) is 43.4 Å². The van der Waals surface area contributed by atoms with Gasteiger partial charge in [0.2, 0.25) is 0 Å². The standard InChI is InChI=1S/C22H22O3/c1-3-25-22(24)21-19(17-11-9-15(2)10-12-17)13-18(14-20(21)23)16-7-5-4-6-8-16/h4-12,14,19,21H,3,13H2,1-2H3/t19-,21+/m0/s1. The second-order valence-electron chi connectivity index (χ2n) is 6.39. The van der Waals surface area contributed by atoms with Crippen molar-refractivity contribution in [2.75, 3.05) is 6.61 Å². The van der Waals surface area contributed by atoms with Gasteiger partial charge in [-0.1, -0.05) is 60.2 Å². The summed E-state index contributed by atoms with van der Waals surface area (Å²) in [5, 5.41) is 0. The Morgan fingerprint density at radius 1 is 1.08 bits per heavy atom. The van der Waals surface area contributed by atoms with Crippen molar-refractivity contribution in [2.24, 2.45) is 5.92 Å². The Kier molecular flexibility index (Phi) is 5.13. The van der Waals surface area contributed by atoms with Gasteiger partial charge in [-0.2, -0.15) is 0 Å². The minimum Gasteiger partial charge on any atom is -0.465 e. The number of ether oxygens (including phenoxy) is 1. The Balaban J connectivity index is 2.01. The van der Waals surface area contributed by atoms with Crippen LogP contribution in [0.4, 0.5) is 0 Å². The molecule has 0 bridgehead atoms. The Labute approximate surface area is 148 Å². The van der Waals surface area contributed by atoms with E-state index in [2.05, 4.69) is 0 Å². The van der Waals surface area contributed by atoms with Crippen LogP contribution in [0.2, 0.25) is 0 Å². The second kappa shape index (κ2) is 7.47. The first-order chi connectivity index (χ1) is 12.1. The van der Waals surface area contributed by atoms with Crippen molar-refractivity contribution in [1.82, 2.24) is 0 Å². The van der Waals surface area contributed by atoms with Crippen LogP contribution in [0, 0.1) is 12.8 Å². The molecular formula is C22H22O3. The molecule has 3 nitrogen and oxygen atoms in total. The molecule has 0 saturated carbocycles. The number of esters is 1. The van der Waals surface area contributed by atoms with E-state index in [9.17, 15) is 9.59 Å².